The summed E-state index contributed by atoms with van der Waals surface area (Å²) in [6, 6.07) is -0.937. The molecule has 1 unspecified atom stereocenters. The van der Waals surface area contributed by atoms with Gasteiger partial charge in [-0.3, -0.25) is 4.79 Å². The summed E-state index contributed by atoms with van der Waals surface area (Å²) in [5, 5.41) is 10.8. The number of allylic oxidation sites excluding steroid dienone is 5. The van der Waals surface area contributed by atoms with E-state index in [1.165, 1.54) is 6.92 Å². The minimum Gasteiger partial charge on any atom is -0.480 e. The van der Waals surface area contributed by atoms with Crippen LogP contribution in [-0.4, -0.2) is 29.8 Å². The average Bonchev–Trinajstić information content (AvgIpc) is 2.46. The fourth-order valence-electron chi connectivity index (χ4n) is 1.21. The standard InChI is InChI=1S/C11H15NO4.C4H8/c1-8(10(13)14)12-11(15)16-7-9-5-3-2-4-6-9;1-3-4-2/h2-3,5,8H,4,6-7H2,1H3,(H,12,15)(H,13,14);3-4H,1-2H3/b;4-3-. The maximum atomic E-state index is 11.2. The number of hydrogen-bond acceptors (Lipinski definition) is 3. The molecule has 1 aliphatic rings. The number of nitrogens with one attached hydrogen (secondary N) is 1. The number of carboxylic acid groups (broad SMARTS) is 1. The Bertz CT molecular complexity index is 393. The molecule has 0 fully saturated rings. The van der Waals surface area contributed by atoms with Crippen LogP contribution in [-0.2, 0) is 9.53 Å². The number of ether oxygens (including phenoxy) is 1. The summed E-state index contributed by atoms with van der Waals surface area (Å²) in [7, 11) is 0. The van der Waals surface area contributed by atoms with Crippen LogP contribution in [0.1, 0.15) is 33.6 Å². The molecule has 0 heterocycles. The molecular formula is C15H23NO4. The molecule has 5 heteroatoms. The number of amides is 1. The van der Waals surface area contributed by atoms with Crippen LogP contribution in [0.5, 0.6) is 0 Å². The Morgan fingerprint density at radius 3 is 2.55 bits per heavy atom. The van der Waals surface area contributed by atoms with Crippen LogP contribution in [0.25, 0.3) is 0 Å². The third-order valence-electron chi connectivity index (χ3n) is 2.53. The molecular weight excluding hydrogens is 258 g/mol. The fraction of sp³-hybridized carbons (Fsp3) is 0.467. The second-order valence-corrected chi connectivity index (χ2v) is 4.24. The van der Waals surface area contributed by atoms with E-state index >= 15 is 0 Å². The van der Waals surface area contributed by atoms with Gasteiger partial charge in [-0.25, -0.2) is 4.79 Å². The van der Waals surface area contributed by atoms with Gasteiger partial charge in [0.05, 0.1) is 0 Å². The molecule has 0 aromatic heterocycles. The van der Waals surface area contributed by atoms with Gasteiger partial charge in [0.15, 0.2) is 0 Å². The SMILES string of the molecule is C/C=C\C.CC(NC(=O)OCC1=CC=CCC1)C(=O)O. The molecule has 1 amide bonds. The lowest BCUT2D eigenvalue weighted by Crippen LogP contribution is -2.38. The third kappa shape index (κ3) is 8.97. The van der Waals surface area contributed by atoms with Gasteiger partial charge in [-0.2, -0.15) is 0 Å². The molecule has 1 rings (SSSR count). The van der Waals surface area contributed by atoms with E-state index in [1.807, 2.05) is 44.2 Å². The molecule has 1 atom stereocenters. The predicted octanol–water partition coefficient (Wildman–Crippen LogP) is 3.04. The second-order valence-electron chi connectivity index (χ2n) is 4.24. The monoisotopic (exact) mass is 281 g/mol. The van der Waals surface area contributed by atoms with Crippen LogP contribution in [0.2, 0.25) is 0 Å². The number of aliphatic carboxylic acids is 1. The van der Waals surface area contributed by atoms with E-state index in [0.29, 0.717) is 0 Å². The lowest BCUT2D eigenvalue weighted by atomic mass is 10.1. The number of hydrogen-bond donors (Lipinski definition) is 2. The maximum Gasteiger partial charge on any atom is 0.408 e. The summed E-state index contributed by atoms with van der Waals surface area (Å²) in [6.07, 6.45) is 11.0. The van der Waals surface area contributed by atoms with Crippen LogP contribution < -0.4 is 5.32 Å². The minimum atomic E-state index is -1.09. The van der Waals surface area contributed by atoms with E-state index in [4.69, 9.17) is 9.84 Å². The minimum absolute atomic E-state index is 0.211. The third-order valence-corrected chi connectivity index (χ3v) is 2.53. The van der Waals surface area contributed by atoms with Gasteiger partial charge in [-0.1, -0.05) is 30.4 Å². The molecule has 0 aromatic rings. The van der Waals surface area contributed by atoms with Crippen molar-refractivity contribution in [2.24, 2.45) is 0 Å². The normalized spacial score (nSPS) is 14.8. The van der Waals surface area contributed by atoms with Gasteiger partial charge < -0.3 is 15.2 Å². The fourth-order valence-corrected chi connectivity index (χ4v) is 1.21. The van der Waals surface area contributed by atoms with E-state index in [9.17, 15) is 9.59 Å². The van der Waals surface area contributed by atoms with Crippen LogP contribution in [0.3, 0.4) is 0 Å². The second kappa shape index (κ2) is 10.8. The Morgan fingerprint density at radius 1 is 1.45 bits per heavy atom. The van der Waals surface area contributed by atoms with E-state index in [-0.39, 0.29) is 6.61 Å². The summed E-state index contributed by atoms with van der Waals surface area (Å²) in [4.78, 5) is 21.6. The zero-order valence-electron chi connectivity index (χ0n) is 12.3. The van der Waals surface area contributed by atoms with E-state index < -0.39 is 18.1 Å². The number of carbonyl (C=O) groups excluding carboxylic acids is 1. The van der Waals surface area contributed by atoms with Crippen LogP contribution in [0.4, 0.5) is 4.79 Å². The molecule has 20 heavy (non-hydrogen) atoms. The molecule has 0 saturated carbocycles. The van der Waals surface area contributed by atoms with Gasteiger partial charge in [0.25, 0.3) is 0 Å². The summed E-state index contributed by atoms with van der Waals surface area (Å²) in [5.74, 6) is -1.09. The summed E-state index contributed by atoms with van der Waals surface area (Å²) in [6.45, 7) is 5.59. The Balaban J connectivity index is 0.000000796. The predicted molar refractivity (Wildman–Crippen MR) is 78.5 cm³/mol. The molecule has 0 aliphatic heterocycles. The van der Waals surface area contributed by atoms with E-state index in [1.54, 1.807) is 0 Å². The van der Waals surface area contributed by atoms with Gasteiger partial charge in [0.2, 0.25) is 0 Å². The van der Waals surface area contributed by atoms with Crippen LogP contribution in [0.15, 0.2) is 36.0 Å². The van der Waals surface area contributed by atoms with Gasteiger partial charge in [-0.05, 0) is 39.2 Å². The molecule has 0 bridgehead atoms. The zero-order chi connectivity index (χ0) is 15.4. The van der Waals surface area contributed by atoms with Gasteiger partial charge in [0, 0.05) is 0 Å². The quantitative estimate of drug-likeness (QED) is 0.777. The Kier molecular flexibility index (Phi) is 9.74. The Morgan fingerprint density at radius 2 is 2.10 bits per heavy atom. The first-order valence-electron chi connectivity index (χ1n) is 6.59. The zero-order valence-corrected chi connectivity index (χ0v) is 12.3. The highest BCUT2D eigenvalue weighted by atomic mass is 16.5. The molecule has 112 valence electrons. The maximum absolute atomic E-state index is 11.2. The average molecular weight is 281 g/mol. The topological polar surface area (TPSA) is 75.6 Å². The summed E-state index contributed by atoms with van der Waals surface area (Å²) in [5.41, 5.74) is 1.03. The smallest absolute Gasteiger partial charge is 0.408 e. The van der Waals surface area contributed by atoms with Crippen molar-refractivity contribution < 1.29 is 19.4 Å². The van der Waals surface area contributed by atoms with E-state index in [2.05, 4.69) is 5.32 Å². The molecule has 0 aromatic carbocycles. The van der Waals surface area contributed by atoms with E-state index in [0.717, 1.165) is 18.4 Å². The first-order valence-corrected chi connectivity index (χ1v) is 6.59. The highest BCUT2D eigenvalue weighted by Crippen LogP contribution is 2.11. The molecule has 0 radical (unpaired) electrons. The van der Waals surface area contributed by atoms with Crippen molar-refractivity contribution in [2.75, 3.05) is 6.61 Å². The lowest BCUT2D eigenvalue weighted by Gasteiger charge is -2.12. The molecule has 0 spiro atoms. The lowest BCUT2D eigenvalue weighted by molar-refractivity contribution is -0.138. The van der Waals surface area contributed by atoms with Gasteiger partial charge >= 0.3 is 12.1 Å². The molecule has 5 nitrogen and oxygen atoms in total. The Labute approximate surface area is 120 Å². The first kappa shape index (κ1) is 18.0. The van der Waals surface area contributed by atoms with Gasteiger partial charge in [0.1, 0.15) is 12.6 Å². The van der Waals surface area contributed by atoms with Crippen LogP contribution >= 0.6 is 0 Å². The molecule has 0 saturated heterocycles. The van der Waals surface area contributed by atoms with Gasteiger partial charge in [-0.15, -0.1) is 0 Å². The van der Waals surface area contributed by atoms with Crippen molar-refractivity contribution in [3.8, 4) is 0 Å². The van der Waals surface area contributed by atoms with Crippen molar-refractivity contribution in [2.45, 2.75) is 39.7 Å². The largest absolute Gasteiger partial charge is 0.480 e. The number of rotatable bonds is 4. The number of carboxylic acids is 1. The van der Waals surface area contributed by atoms with Crippen molar-refractivity contribution in [1.82, 2.24) is 5.32 Å². The number of alkyl carbamates (subject to hydrolysis) is 1. The van der Waals surface area contributed by atoms with Crippen molar-refractivity contribution in [1.29, 1.82) is 0 Å². The highest BCUT2D eigenvalue weighted by Gasteiger charge is 2.14. The molecule has 1 aliphatic carbocycles. The molecule has 2 N–H and O–H groups in total. The summed E-state index contributed by atoms with van der Waals surface area (Å²) >= 11 is 0. The first-order chi connectivity index (χ1) is 9.51. The highest BCUT2D eigenvalue weighted by molar-refractivity contribution is 5.79. The summed E-state index contributed by atoms with van der Waals surface area (Å²) < 4.78 is 4.89. The van der Waals surface area contributed by atoms with Crippen molar-refractivity contribution in [3.05, 3.63) is 36.0 Å². The van der Waals surface area contributed by atoms with Crippen molar-refractivity contribution in [3.63, 3.8) is 0 Å². The van der Waals surface area contributed by atoms with Crippen molar-refractivity contribution >= 4 is 12.1 Å². The Hall–Kier alpha value is -2.04. The van der Waals surface area contributed by atoms with Crippen LogP contribution in [0, 0.1) is 0 Å². The number of carbonyl (C=O) groups is 2.